The molecule has 4 rings (SSSR count). The van der Waals surface area contributed by atoms with Crippen molar-refractivity contribution in [3.8, 4) is 0 Å². The van der Waals surface area contributed by atoms with Crippen molar-refractivity contribution in [2.45, 2.75) is 21.9 Å². The second-order valence-electron chi connectivity index (χ2n) is 7.17. The lowest BCUT2D eigenvalue weighted by molar-refractivity contribution is 0.102. The van der Waals surface area contributed by atoms with E-state index in [4.69, 9.17) is 11.6 Å². The molecule has 0 aliphatic rings. The molecular formula is C23H19ClN4O3S3. The number of amides is 1. The number of carbonyl (C=O) groups is 1. The molecule has 0 fully saturated rings. The van der Waals surface area contributed by atoms with Gasteiger partial charge in [0.2, 0.25) is 5.13 Å². The molecule has 11 heteroatoms. The highest BCUT2D eigenvalue weighted by molar-refractivity contribution is 8.00. The average Bonchev–Trinajstić information content (AvgIpc) is 3.27. The lowest BCUT2D eigenvalue weighted by Gasteiger charge is -2.12. The Labute approximate surface area is 210 Å². The lowest BCUT2D eigenvalue weighted by Crippen LogP contribution is -2.17. The summed E-state index contributed by atoms with van der Waals surface area (Å²) in [5.74, 6) is 0.218. The number of hydrogen-bond acceptors (Lipinski definition) is 7. The third-order valence-electron chi connectivity index (χ3n) is 4.70. The Morgan fingerprint density at radius 1 is 1.03 bits per heavy atom. The van der Waals surface area contributed by atoms with Crippen LogP contribution in [0.15, 0.2) is 82.0 Å². The van der Waals surface area contributed by atoms with Gasteiger partial charge in [-0.1, -0.05) is 83.2 Å². The van der Waals surface area contributed by atoms with Crippen LogP contribution in [0.2, 0.25) is 5.02 Å². The second kappa shape index (κ2) is 10.6. The van der Waals surface area contributed by atoms with Gasteiger partial charge in [0.25, 0.3) is 15.9 Å². The van der Waals surface area contributed by atoms with E-state index in [0.29, 0.717) is 15.2 Å². The van der Waals surface area contributed by atoms with Crippen molar-refractivity contribution in [2.24, 2.45) is 0 Å². The van der Waals surface area contributed by atoms with Crippen LogP contribution < -0.4 is 10.0 Å². The van der Waals surface area contributed by atoms with Gasteiger partial charge in [0.05, 0.1) is 10.7 Å². The molecule has 1 aromatic heterocycles. The van der Waals surface area contributed by atoms with Crippen LogP contribution >= 0.6 is 34.7 Å². The van der Waals surface area contributed by atoms with Gasteiger partial charge in [0.15, 0.2) is 4.34 Å². The molecule has 1 amide bonds. The van der Waals surface area contributed by atoms with Crippen molar-refractivity contribution < 1.29 is 13.2 Å². The largest absolute Gasteiger partial charge is 0.296 e. The number of halogens is 1. The van der Waals surface area contributed by atoms with E-state index in [9.17, 15) is 13.2 Å². The second-order valence-corrected chi connectivity index (χ2v) is 11.4. The Kier molecular flexibility index (Phi) is 7.52. The van der Waals surface area contributed by atoms with E-state index in [2.05, 4.69) is 20.2 Å². The number of hydrogen-bond donors (Lipinski definition) is 2. The van der Waals surface area contributed by atoms with E-state index in [-0.39, 0.29) is 15.5 Å². The molecule has 0 radical (unpaired) electrons. The fourth-order valence-electron chi connectivity index (χ4n) is 2.94. The van der Waals surface area contributed by atoms with E-state index in [1.54, 1.807) is 25.1 Å². The molecule has 0 bridgehead atoms. The van der Waals surface area contributed by atoms with Crippen molar-refractivity contribution in [1.82, 2.24) is 10.2 Å². The van der Waals surface area contributed by atoms with Crippen LogP contribution in [0.25, 0.3) is 0 Å². The van der Waals surface area contributed by atoms with Crippen molar-refractivity contribution in [2.75, 3.05) is 10.0 Å². The molecular weight excluding hydrogens is 512 g/mol. The average molecular weight is 531 g/mol. The smallest absolute Gasteiger partial charge is 0.263 e. The number of rotatable bonds is 8. The van der Waals surface area contributed by atoms with E-state index >= 15 is 0 Å². The SMILES string of the molecule is Cc1ccccc1NS(=O)(=O)c1cc(C(=O)Nc2nnc(SCc3ccccc3)s2)ccc1Cl. The third-order valence-corrected chi connectivity index (χ3v) is 8.59. The fourth-order valence-corrected chi connectivity index (χ4v) is 6.31. The molecule has 2 N–H and O–H groups in total. The van der Waals surface area contributed by atoms with Crippen LogP contribution in [0.1, 0.15) is 21.5 Å². The molecule has 0 atom stereocenters. The minimum Gasteiger partial charge on any atom is -0.296 e. The minimum atomic E-state index is -4.02. The van der Waals surface area contributed by atoms with Gasteiger partial charge in [-0.05, 0) is 42.3 Å². The molecule has 174 valence electrons. The molecule has 0 unspecified atom stereocenters. The van der Waals surface area contributed by atoms with E-state index in [1.807, 2.05) is 36.4 Å². The maximum Gasteiger partial charge on any atom is 0.263 e. The molecule has 3 aromatic carbocycles. The zero-order valence-electron chi connectivity index (χ0n) is 17.9. The number of sulfonamides is 1. The summed E-state index contributed by atoms with van der Waals surface area (Å²) < 4.78 is 29.1. The number of benzene rings is 3. The molecule has 0 spiro atoms. The van der Waals surface area contributed by atoms with Crippen molar-refractivity contribution in [3.63, 3.8) is 0 Å². The highest BCUT2D eigenvalue weighted by Crippen LogP contribution is 2.29. The predicted octanol–water partition coefficient (Wildman–Crippen LogP) is 5.85. The number of carbonyl (C=O) groups excluding carboxylic acids is 1. The Hall–Kier alpha value is -2.92. The first-order chi connectivity index (χ1) is 16.3. The maximum atomic E-state index is 12.9. The Balaban J connectivity index is 1.47. The van der Waals surface area contributed by atoms with Gasteiger partial charge in [-0.3, -0.25) is 14.8 Å². The van der Waals surface area contributed by atoms with Crippen LogP contribution in [0.5, 0.6) is 0 Å². The Morgan fingerprint density at radius 3 is 2.53 bits per heavy atom. The van der Waals surface area contributed by atoms with Crippen molar-refractivity contribution >= 4 is 61.4 Å². The van der Waals surface area contributed by atoms with Gasteiger partial charge in [-0.25, -0.2) is 8.42 Å². The summed E-state index contributed by atoms with van der Waals surface area (Å²) in [5, 5.41) is 11.1. The van der Waals surface area contributed by atoms with E-state index < -0.39 is 15.9 Å². The summed E-state index contributed by atoms with van der Waals surface area (Å²) in [6, 6.07) is 21.0. The lowest BCUT2D eigenvalue weighted by atomic mass is 10.2. The van der Waals surface area contributed by atoms with Crippen LogP contribution in [-0.4, -0.2) is 24.5 Å². The Bertz CT molecular complexity index is 1430. The van der Waals surface area contributed by atoms with E-state index in [1.165, 1.54) is 41.3 Å². The first-order valence-electron chi connectivity index (χ1n) is 10.0. The van der Waals surface area contributed by atoms with Gasteiger partial charge >= 0.3 is 0 Å². The molecule has 0 aliphatic carbocycles. The minimum absolute atomic E-state index is 0.00754. The van der Waals surface area contributed by atoms with E-state index in [0.717, 1.165) is 16.9 Å². The number of anilines is 2. The summed E-state index contributed by atoms with van der Waals surface area (Å²) in [5.41, 5.74) is 2.47. The normalized spacial score (nSPS) is 11.2. The zero-order chi connectivity index (χ0) is 24.1. The number of aryl methyl sites for hydroxylation is 1. The molecule has 4 aromatic rings. The molecule has 1 heterocycles. The van der Waals surface area contributed by atoms with Gasteiger partial charge < -0.3 is 0 Å². The van der Waals surface area contributed by atoms with Crippen molar-refractivity contribution in [3.05, 3.63) is 94.5 Å². The van der Waals surface area contributed by atoms with Crippen LogP contribution in [0, 0.1) is 6.92 Å². The highest BCUT2D eigenvalue weighted by atomic mass is 35.5. The quantitative estimate of drug-likeness (QED) is 0.219. The van der Waals surface area contributed by atoms with Crippen LogP contribution in [-0.2, 0) is 15.8 Å². The summed E-state index contributed by atoms with van der Waals surface area (Å²) in [7, 11) is -4.02. The highest BCUT2D eigenvalue weighted by Gasteiger charge is 2.21. The standard InChI is InChI=1S/C23H19ClN4O3S3/c1-15-7-5-6-10-19(15)28-34(30,31)20-13-17(11-12-18(20)24)21(29)25-22-26-27-23(33-22)32-14-16-8-3-2-4-9-16/h2-13,28H,14H2,1H3,(H,25,26,29). The van der Waals surface area contributed by atoms with Gasteiger partial charge in [0.1, 0.15) is 4.90 Å². The van der Waals surface area contributed by atoms with Crippen molar-refractivity contribution in [1.29, 1.82) is 0 Å². The number of para-hydroxylation sites is 1. The summed E-state index contributed by atoms with van der Waals surface area (Å²) >= 11 is 8.93. The van der Waals surface area contributed by atoms with Gasteiger partial charge in [-0.15, -0.1) is 10.2 Å². The van der Waals surface area contributed by atoms with Crippen LogP contribution in [0.4, 0.5) is 10.8 Å². The summed E-state index contributed by atoms with van der Waals surface area (Å²) in [4.78, 5) is 12.6. The van der Waals surface area contributed by atoms with Gasteiger partial charge in [-0.2, -0.15) is 0 Å². The molecule has 0 saturated carbocycles. The fraction of sp³-hybridized carbons (Fsp3) is 0.0870. The first-order valence-corrected chi connectivity index (χ1v) is 13.7. The molecule has 0 aliphatic heterocycles. The monoisotopic (exact) mass is 530 g/mol. The Morgan fingerprint density at radius 2 is 1.76 bits per heavy atom. The summed E-state index contributed by atoms with van der Waals surface area (Å²) in [6.45, 7) is 1.79. The first kappa shape index (κ1) is 24.2. The number of thioether (sulfide) groups is 1. The van der Waals surface area contributed by atoms with Gasteiger partial charge in [0, 0.05) is 11.3 Å². The summed E-state index contributed by atoms with van der Waals surface area (Å²) in [6.07, 6.45) is 0. The molecule has 7 nitrogen and oxygen atoms in total. The zero-order valence-corrected chi connectivity index (χ0v) is 21.1. The molecule has 34 heavy (non-hydrogen) atoms. The maximum absolute atomic E-state index is 12.9. The third kappa shape index (κ3) is 5.95. The number of aromatic nitrogens is 2. The predicted molar refractivity (Wildman–Crippen MR) is 137 cm³/mol. The number of nitrogens with zero attached hydrogens (tertiary/aromatic N) is 2. The van der Waals surface area contributed by atoms with Crippen LogP contribution in [0.3, 0.4) is 0 Å². The molecule has 0 saturated heterocycles. The topological polar surface area (TPSA) is 101 Å². The number of nitrogens with one attached hydrogen (secondary N) is 2.